The molecule has 0 aliphatic carbocycles. The lowest BCUT2D eigenvalue weighted by Crippen LogP contribution is -2.16. The summed E-state index contributed by atoms with van der Waals surface area (Å²) in [5.41, 5.74) is 0. The number of sulfone groups is 1. The molecule has 0 amide bonds. The van der Waals surface area contributed by atoms with Gasteiger partial charge in [0, 0.05) is 0 Å². The lowest BCUT2D eigenvalue weighted by Gasteiger charge is -2.07. The zero-order valence-electron chi connectivity index (χ0n) is 4.50. The summed E-state index contributed by atoms with van der Waals surface area (Å²) in [5.74, 6) is 0.535. The van der Waals surface area contributed by atoms with Gasteiger partial charge in [-0.25, -0.2) is 8.42 Å². The lowest BCUT2D eigenvalue weighted by molar-refractivity contribution is 0.596. The van der Waals surface area contributed by atoms with E-state index in [4.69, 9.17) is 0 Å². The smallest absolute Gasteiger partial charge is 0.150 e. The minimum absolute atomic E-state index is 0.267. The maximum absolute atomic E-state index is 10.6. The van der Waals surface area contributed by atoms with Crippen LogP contribution in [0.2, 0.25) is 0 Å². The van der Waals surface area contributed by atoms with Gasteiger partial charge in [0.05, 0.1) is 11.5 Å². The van der Waals surface area contributed by atoms with Gasteiger partial charge in [0.2, 0.25) is 0 Å². The van der Waals surface area contributed by atoms with E-state index in [1.807, 2.05) is 0 Å². The molecule has 0 aromatic carbocycles. The van der Waals surface area contributed by atoms with E-state index in [9.17, 15) is 8.42 Å². The molecule has 1 aliphatic rings. The van der Waals surface area contributed by atoms with Crippen molar-refractivity contribution in [3.8, 4) is 0 Å². The van der Waals surface area contributed by atoms with Crippen LogP contribution < -0.4 is 0 Å². The van der Waals surface area contributed by atoms with Gasteiger partial charge in [-0.3, -0.25) is 0 Å². The number of hydrogen-bond donors (Lipinski definition) is 0. The first kappa shape index (κ1) is 6.08. The Morgan fingerprint density at radius 1 is 1.12 bits per heavy atom. The van der Waals surface area contributed by atoms with E-state index in [1.165, 1.54) is 0 Å². The van der Waals surface area contributed by atoms with Crippen LogP contribution in [0.5, 0.6) is 0 Å². The second kappa shape index (κ2) is 2.05. The summed E-state index contributed by atoms with van der Waals surface area (Å²) >= 11 is 0. The van der Waals surface area contributed by atoms with Gasteiger partial charge in [0.15, 0.2) is 9.84 Å². The first-order valence-corrected chi connectivity index (χ1v) is 4.37. The molecule has 0 aromatic heterocycles. The Bertz CT molecular complexity index is 145. The second-order valence-electron chi connectivity index (χ2n) is 1.89. The normalized spacial score (nSPS) is 27.5. The molecule has 2 radical (unpaired) electrons. The standard InChI is InChI=1S/C5H8O2S/c6-8(7)4-2-1-3-5-8/h2-3H,1,4-5H2. The molecule has 0 atom stereocenters. The highest BCUT2D eigenvalue weighted by Crippen LogP contribution is 2.07. The predicted molar refractivity (Wildman–Crippen MR) is 31.9 cm³/mol. The van der Waals surface area contributed by atoms with Gasteiger partial charge in [0.1, 0.15) is 0 Å². The second-order valence-corrected chi connectivity index (χ2v) is 4.04. The fourth-order valence-electron chi connectivity index (χ4n) is 0.681. The third-order valence-corrected chi connectivity index (χ3v) is 2.56. The minimum Gasteiger partial charge on any atom is -0.229 e. The quantitative estimate of drug-likeness (QED) is 0.472. The molecule has 1 heterocycles. The van der Waals surface area contributed by atoms with Crippen molar-refractivity contribution in [2.45, 2.75) is 6.42 Å². The van der Waals surface area contributed by atoms with Crippen LogP contribution in [0.3, 0.4) is 0 Å². The summed E-state index contributed by atoms with van der Waals surface area (Å²) in [6.45, 7) is 0. The maximum Gasteiger partial charge on any atom is 0.150 e. The summed E-state index contributed by atoms with van der Waals surface area (Å²) in [4.78, 5) is 0. The van der Waals surface area contributed by atoms with Gasteiger partial charge >= 0.3 is 0 Å². The zero-order valence-corrected chi connectivity index (χ0v) is 5.32. The molecule has 46 valence electrons. The van der Waals surface area contributed by atoms with E-state index in [-0.39, 0.29) is 11.5 Å². The molecule has 1 fully saturated rings. The third kappa shape index (κ3) is 1.47. The van der Waals surface area contributed by atoms with E-state index in [2.05, 4.69) is 0 Å². The van der Waals surface area contributed by atoms with E-state index < -0.39 is 9.84 Å². The maximum atomic E-state index is 10.6. The third-order valence-electron chi connectivity index (χ3n) is 1.08. The largest absolute Gasteiger partial charge is 0.229 e. The van der Waals surface area contributed by atoms with Crippen molar-refractivity contribution in [2.75, 3.05) is 11.5 Å². The molecule has 0 aromatic rings. The molecule has 8 heavy (non-hydrogen) atoms. The van der Waals surface area contributed by atoms with Crippen LogP contribution in [0.4, 0.5) is 0 Å². The van der Waals surface area contributed by atoms with Crippen molar-refractivity contribution in [2.24, 2.45) is 0 Å². The molecule has 1 saturated heterocycles. The van der Waals surface area contributed by atoms with Gasteiger partial charge in [-0.05, 0) is 19.3 Å². The van der Waals surface area contributed by atoms with Crippen LogP contribution in [-0.4, -0.2) is 19.9 Å². The van der Waals surface area contributed by atoms with Crippen LogP contribution >= 0.6 is 0 Å². The van der Waals surface area contributed by atoms with E-state index in [0.717, 1.165) is 6.42 Å². The summed E-state index contributed by atoms with van der Waals surface area (Å²) in [7, 11) is -2.69. The van der Waals surface area contributed by atoms with Gasteiger partial charge in [-0.1, -0.05) is 0 Å². The Morgan fingerprint density at radius 3 is 1.88 bits per heavy atom. The van der Waals surface area contributed by atoms with Gasteiger partial charge in [-0.15, -0.1) is 0 Å². The topological polar surface area (TPSA) is 34.1 Å². The fourth-order valence-corrected chi connectivity index (χ4v) is 1.81. The average molecular weight is 132 g/mol. The average Bonchev–Trinajstić information content (AvgIpc) is 1.65. The van der Waals surface area contributed by atoms with Crippen LogP contribution in [0.1, 0.15) is 6.42 Å². The molecule has 0 unspecified atom stereocenters. The summed E-state index contributed by atoms with van der Waals surface area (Å²) in [6, 6.07) is 0. The summed E-state index contributed by atoms with van der Waals surface area (Å²) in [6.07, 6.45) is 4.40. The minimum atomic E-state index is -2.69. The highest BCUT2D eigenvalue weighted by molar-refractivity contribution is 7.91. The van der Waals surface area contributed by atoms with Crippen molar-refractivity contribution in [1.29, 1.82) is 0 Å². The molecule has 0 N–H and O–H groups in total. The molecule has 2 nitrogen and oxygen atoms in total. The summed E-state index contributed by atoms with van der Waals surface area (Å²) in [5, 5.41) is 0. The van der Waals surface area contributed by atoms with Gasteiger partial charge in [0.25, 0.3) is 0 Å². The first-order valence-electron chi connectivity index (χ1n) is 2.54. The Hall–Kier alpha value is -0.0500. The fraction of sp³-hybridized carbons (Fsp3) is 0.600. The molecule has 0 bridgehead atoms. The Morgan fingerprint density at radius 2 is 1.62 bits per heavy atom. The number of rotatable bonds is 0. The Labute approximate surface area is 49.8 Å². The highest BCUT2D eigenvalue weighted by atomic mass is 32.2. The lowest BCUT2D eigenvalue weighted by atomic mass is 10.3. The molecule has 0 spiro atoms. The molecule has 3 heteroatoms. The van der Waals surface area contributed by atoms with Crippen LogP contribution in [-0.2, 0) is 9.84 Å². The molecule has 1 aliphatic heterocycles. The van der Waals surface area contributed by atoms with E-state index >= 15 is 0 Å². The van der Waals surface area contributed by atoms with Crippen LogP contribution in [0.15, 0.2) is 0 Å². The zero-order chi connectivity index (χ0) is 6.04. The highest BCUT2D eigenvalue weighted by Gasteiger charge is 2.14. The van der Waals surface area contributed by atoms with Crippen molar-refractivity contribution < 1.29 is 8.42 Å². The molecule has 1 rings (SSSR count). The van der Waals surface area contributed by atoms with Crippen molar-refractivity contribution in [3.05, 3.63) is 12.8 Å². The first-order chi connectivity index (χ1) is 3.71. The number of hydrogen-bond acceptors (Lipinski definition) is 2. The van der Waals surface area contributed by atoms with Crippen molar-refractivity contribution in [1.82, 2.24) is 0 Å². The van der Waals surface area contributed by atoms with E-state index in [1.54, 1.807) is 12.8 Å². The summed E-state index contributed by atoms with van der Waals surface area (Å²) < 4.78 is 21.2. The monoisotopic (exact) mass is 132 g/mol. The van der Waals surface area contributed by atoms with Crippen LogP contribution in [0, 0.1) is 12.8 Å². The van der Waals surface area contributed by atoms with E-state index in [0.29, 0.717) is 0 Å². The van der Waals surface area contributed by atoms with Crippen LogP contribution in [0.25, 0.3) is 0 Å². The molecular weight excluding hydrogens is 124 g/mol. The molecule has 0 saturated carbocycles. The van der Waals surface area contributed by atoms with Gasteiger partial charge < -0.3 is 0 Å². The SMILES string of the molecule is O=S1(=O)C[CH]C[CH]C1. The molecular formula is C5H8O2S. The van der Waals surface area contributed by atoms with Crippen molar-refractivity contribution in [3.63, 3.8) is 0 Å². The van der Waals surface area contributed by atoms with Crippen molar-refractivity contribution >= 4 is 9.84 Å². The Kier molecular flexibility index (Phi) is 1.56. The Balaban J connectivity index is 2.58. The predicted octanol–water partition coefficient (Wildman–Crippen LogP) is 0.213. The van der Waals surface area contributed by atoms with Gasteiger partial charge in [-0.2, -0.15) is 0 Å².